The van der Waals surface area contributed by atoms with E-state index in [-0.39, 0.29) is 11.6 Å². The van der Waals surface area contributed by atoms with Gasteiger partial charge in [-0.25, -0.2) is 0 Å². The van der Waals surface area contributed by atoms with Crippen LogP contribution in [0.15, 0.2) is 0 Å². The Balaban J connectivity index is 2.54. The molecule has 0 amide bonds. The van der Waals surface area contributed by atoms with E-state index in [1.807, 2.05) is 0 Å². The van der Waals surface area contributed by atoms with E-state index in [1.165, 1.54) is 0 Å². The van der Waals surface area contributed by atoms with Gasteiger partial charge in [-0.05, 0) is 20.3 Å². The van der Waals surface area contributed by atoms with Crippen LogP contribution in [0.3, 0.4) is 0 Å². The van der Waals surface area contributed by atoms with Crippen LogP contribution >= 0.6 is 0 Å². The molecule has 1 aliphatic rings. The van der Waals surface area contributed by atoms with Crippen LogP contribution in [0.2, 0.25) is 0 Å². The van der Waals surface area contributed by atoms with Gasteiger partial charge in [0, 0.05) is 45.4 Å². The van der Waals surface area contributed by atoms with Gasteiger partial charge < -0.3 is 14.8 Å². The summed E-state index contributed by atoms with van der Waals surface area (Å²) in [7, 11) is 3.49. The van der Waals surface area contributed by atoms with Crippen molar-refractivity contribution in [3.63, 3.8) is 0 Å². The molecule has 0 saturated carbocycles. The molecule has 17 heavy (non-hydrogen) atoms. The predicted molar refractivity (Wildman–Crippen MR) is 70.4 cm³/mol. The second-order valence-corrected chi connectivity index (χ2v) is 5.39. The normalized spacial score (nSPS) is 32.6. The van der Waals surface area contributed by atoms with Crippen molar-refractivity contribution in [3.8, 4) is 0 Å². The van der Waals surface area contributed by atoms with Gasteiger partial charge in [-0.3, -0.25) is 4.90 Å². The summed E-state index contributed by atoms with van der Waals surface area (Å²) in [6, 6.07) is 0.559. The van der Waals surface area contributed by atoms with Crippen LogP contribution in [0.4, 0.5) is 0 Å². The smallest absolute Gasteiger partial charge is 0.0931 e. The molecule has 1 saturated heterocycles. The molecule has 0 aromatic heterocycles. The van der Waals surface area contributed by atoms with Gasteiger partial charge in [0.05, 0.1) is 12.7 Å². The molecule has 0 spiro atoms. The van der Waals surface area contributed by atoms with Gasteiger partial charge in [0.2, 0.25) is 0 Å². The van der Waals surface area contributed by atoms with Gasteiger partial charge in [-0.1, -0.05) is 6.92 Å². The summed E-state index contributed by atoms with van der Waals surface area (Å²) in [4.78, 5) is 2.51. The number of methoxy groups -OCH3 is 2. The first-order chi connectivity index (χ1) is 8.04. The van der Waals surface area contributed by atoms with Crippen LogP contribution in [0.5, 0.6) is 0 Å². The van der Waals surface area contributed by atoms with Crippen molar-refractivity contribution < 1.29 is 9.47 Å². The number of nitrogens with zero attached hydrogens (tertiary/aromatic N) is 1. The van der Waals surface area contributed by atoms with E-state index in [4.69, 9.17) is 9.47 Å². The minimum absolute atomic E-state index is 0.168. The number of ether oxygens (including phenoxy) is 2. The number of hydrogen-bond donors (Lipinski definition) is 1. The van der Waals surface area contributed by atoms with Crippen LogP contribution in [0.1, 0.15) is 27.2 Å². The molecular formula is C13H28N2O2. The van der Waals surface area contributed by atoms with Gasteiger partial charge in [0.25, 0.3) is 0 Å². The van der Waals surface area contributed by atoms with Crippen LogP contribution in [-0.2, 0) is 9.47 Å². The summed E-state index contributed by atoms with van der Waals surface area (Å²) in [5.74, 6) is 0. The average Bonchev–Trinajstić information content (AvgIpc) is 2.33. The highest BCUT2D eigenvalue weighted by atomic mass is 16.5. The van der Waals surface area contributed by atoms with Crippen LogP contribution in [0.25, 0.3) is 0 Å². The minimum Gasteiger partial charge on any atom is -0.382 e. The van der Waals surface area contributed by atoms with E-state index in [2.05, 4.69) is 31.0 Å². The van der Waals surface area contributed by atoms with Gasteiger partial charge >= 0.3 is 0 Å². The summed E-state index contributed by atoms with van der Waals surface area (Å²) in [6.07, 6.45) is 1.32. The Labute approximate surface area is 106 Å². The maximum atomic E-state index is 5.46. The second kappa shape index (κ2) is 6.69. The molecule has 1 N–H and O–H groups in total. The SMILES string of the molecule is CCC1(C)CN(CC(COC)OC)C(C)CN1. The lowest BCUT2D eigenvalue weighted by molar-refractivity contribution is -0.0165. The summed E-state index contributed by atoms with van der Waals surface area (Å²) in [5, 5.41) is 3.63. The Kier molecular flexibility index (Phi) is 5.86. The van der Waals surface area contributed by atoms with Crippen molar-refractivity contribution in [3.05, 3.63) is 0 Å². The zero-order valence-corrected chi connectivity index (χ0v) is 12.0. The third-order valence-corrected chi connectivity index (χ3v) is 3.90. The molecule has 102 valence electrons. The van der Waals surface area contributed by atoms with Gasteiger partial charge in [-0.2, -0.15) is 0 Å². The highest BCUT2D eigenvalue weighted by Crippen LogP contribution is 2.19. The van der Waals surface area contributed by atoms with Crippen LogP contribution in [0, 0.1) is 0 Å². The van der Waals surface area contributed by atoms with Crippen molar-refractivity contribution in [1.29, 1.82) is 0 Å². The largest absolute Gasteiger partial charge is 0.382 e. The monoisotopic (exact) mass is 244 g/mol. The highest BCUT2D eigenvalue weighted by Gasteiger charge is 2.33. The zero-order chi connectivity index (χ0) is 12.9. The van der Waals surface area contributed by atoms with Crippen molar-refractivity contribution in [2.24, 2.45) is 0 Å². The zero-order valence-electron chi connectivity index (χ0n) is 12.0. The second-order valence-electron chi connectivity index (χ2n) is 5.39. The average molecular weight is 244 g/mol. The summed E-state index contributed by atoms with van der Waals surface area (Å²) < 4.78 is 10.6. The molecule has 1 aliphatic heterocycles. The molecule has 0 aliphatic carbocycles. The highest BCUT2D eigenvalue weighted by molar-refractivity contribution is 4.93. The molecular weight excluding hydrogens is 216 g/mol. The van der Waals surface area contributed by atoms with Crippen molar-refractivity contribution in [1.82, 2.24) is 10.2 Å². The van der Waals surface area contributed by atoms with E-state index < -0.39 is 0 Å². The first-order valence-corrected chi connectivity index (χ1v) is 6.55. The van der Waals surface area contributed by atoms with E-state index in [1.54, 1.807) is 14.2 Å². The van der Waals surface area contributed by atoms with Gasteiger partial charge in [0.1, 0.15) is 0 Å². The molecule has 1 heterocycles. The molecule has 0 aromatic rings. The fraction of sp³-hybridized carbons (Fsp3) is 1.00. The number of hydrogen-bond acceptors (Lipinski definition) is 4. The molecule has 4 heteroatoms. The van der Waals surface area contributed by atoms with E-state index >= 15 is 0 Å². The molecule has 1 fully saturated rings. The Morgan fingerprint density at radius 1 is 1.47 bits per heavy atom. The lowest BCUT2D eigenvalue weighted by atomic mass is 9.93. The standard InChI is InChI=1S/C13H28N2O2/c1-6-13(3)10-15(11(2)7-14-13)8-12(17-5)9-16-4/h11-12,14H,6-10H2,1-5H3. The van der Waals surface area contributed by atoms with Crippen molar-refractivity contribution in [2.75, 3.05) is 40.5 Å². The topological polar surface area (TPSA) is 33.7 Å². The summed E-state index contributed by atoms with van der Waals surface area (Å²) in [6.45, 7) is 10.5. The van der Waals surface area contributed by atoms with Gasteiger partial charge in [-0.15, -0.1) is 0 Å². The summed E-state index contributed by atoms with van der Waals surface area (Å²) >= 11 is 0. The van der Waals surface area contributed by atoms with E-state index in [9.17, 15) is 0 Å². The third-order valence-electron chi connectivity index (χ3n) is 3.90. The molecule has 3 unspecified atom stereocenters. The Morgan fingerprint density at radius 3 is 2.71 bits per heavy atom. The minimum atomic E-state index is 0.168. The van der Waals surface area contributed by atoms with E-state index in [0.717, 1.165) is 26.1 Å². The van der Waals surface area contributed by atoms with Gasteiger partial charge in [0.15, 0.2) is 0 Å². The Morgan fingerprint density at radius 2 is 2.18 bits per heavy atom. The Bertz CT molecular complexity index is 225. The first-order valence-electron chi connectivity index (χ1n) is 6.55. The molecule has 0 aromatic carbocycles. The van der Waals surface area contributed by atoms with Crippen molar-refractivity contribution >= 4 is 0 Å². The fourth-order valence-electron chi connectivity index (χ4n) is 2.31. The number of rotatable bonds is 6. The molecule has 4 nitrogen and oxygen atoms in total. The van der Waals surface area contributed by atoms with E-state index in [0.29, 0.717) is 12.6 Å². The predicted octanol–water partition coefficient (Wildman–Crippen LogP) is 1.11. The maximum Gasteiger partial charge on any atom is 0.0931 e. The number of piperazine rings is 1. The fourth-order valence-corrected chi connectivity index (χ4v) is 2.31. The lowest BCUT2D eigenvalue weighted by Gasteiger charge is -2.45. The molecule has 3 atom stereocenters. The third kappa shape index (κ3) is 4.21. The Hall–Kier alpha value is -0.160. The lowest BCUT2D eigenvalue weighted by Crippen LogP contribution is -2.63. The van der Waals surface area contributed by atoms with Crippen LogP contribution < -0.4 is 5.32 Å². The molecule has 0 bridgehead atoms. The maximum absolute atomic E-state index is 5.46. The quantitative estimate of drug-likeness (QED) is 0.759. The van der Waals surface area contributed by atoms with Crippen molar-refractivity contribution in [2.45, 2.75) is 44.9 Å². The van der Waals surface area contributed by atoms with Crippen LogP contribution in [-0.4, -0.2) is 63.0 Å². The first kappa shape index (κ1) is 14.9. The summed E-state index contributed by atoms with van der Waals surface area (Å²) in [5.41, 5.74) is 0.234. The molecule has 0 radical (unpaired) electrons. The number of nitrogens with one attached hydrogen (secondary N) is 1. The molecule has 1 rings (SSSR count).